The fraction of sp³-hybridized carbons (Fsp3) is 1.00. The Bertz CT molecular complexity index is 377. The Labute approximate surface area is 95.6 Å². The molecule has 6 nitrogen and oxygen atoms in total. The van der Waals surface area contributed by atoms with Crippen molar-refractivity contribution in [2.75, 3.05) is 0 Å². The first-order valence-corrected chi connectivity index (χ1v) is 6.77. The topological polar surface area (TPSA) is 109 Å². The molecule has 0 aliphatic rings. The molecule has 0 aromatic carbocycles. The van der Waals surface area contributed by atoms with E-state index in [1.165, 1.54) is 0 Å². The fourth-order valence-corrected chi connectivity index (χ4v) is 2.65. The largest absolute Gasteiger partial charge is 0.302 e. The van der Waals surface area contributed by atoms with Crippen LogP contribution in [0.1, 0.15) is 6.92 Å². The summed E-state index contributed by atoms with van der Waals surface area (Å²) in [7, 11) is -10.3. The lowest BCUT2D eigenvalue weighted by atomic mass is 10.5. The van der Waals surface area contributed by atoms with E-state index >= 15 is 0 Å². The molecule has 0 aliphatic carbocycles. The summed E-state index contributed by atoms with van der Waals surface area (Å²) >= 11 is 15.2. The van der Waals surface area contributed by atoms with Gasteiger partial charge < -0.3 is 0 Å². The molecule has 1 atom stereocenters. The normalized spacial score (nSPS) is 19.0. The minimum absolute atomic E-state index is 0.525. The summed E-state index contributed by atoms with van der Waals surface area (Å²) in [6.45, 7) is 0.525. The van der Waals surface area contributed by atoms with E-state index in [0.717, 1.165) is 0 Å². The molecule has 0 amide bonds. The highest BCUT2D eigenvalue weighted by molar-refractivity contribution is 7.94. The summed E-state index contributed by atoms with van der Waals surface area (Å²) in [5.41, 5.74) is 0. The van der Waals surface area contributed by atoms with E-state index in [1.54, 1.807) is 0 Å². The Hall–Kier alpha value is 0.690. The van der Waals surface area contributed by atoms with Crippen LogP contribution in [0, 0.1) is 0 Å². The highest BCUT2D eigenvalue weighted by atomic mass is 35.5. The molecular formula is C3H5Cl3O6S2. The van der Waals surface area contributed by atoms with Crippen LogP contribution in [-0.2, 0) is 20.2 Å². The molecule has 0 bridgehead atoms. The minimum atomic E-state index is -5.18. The van der Waals surface area contributed by atoms with Crippen molar-refractivity contribution < 1.29 is 25.9 Å². The van der Waals surface area contributed by atoms with E-state index < -0.39 is 28.1 Å². The van der Waals surface area contributed by atoms with Gasteiger partial charge in [-0.1, -0.05) is 34.8 Å². The van der Waals surface area contributed by atoms with Gasteiger partial charge in [-0.2, -0.15) is 16.8 Å². The maximum absolute atomic E-state index is 10.6. The number of alkyl halides is 3. The van der Waals surface area contributed by atoms with E-state index in [0.29, 0.717) is 6.92 Å². The van der Waals surface area contributed by atoms with Crippen molar-refractivity contribution in [2.24, 2.45) is 0 Å². The second kappa shape index (κ2) is 3.62. The van der Waals surface area contributed by atoms with Crippen LogP contribution in [0.2, 0.25) is 0 Å². The molecule has 0 rings (SSSR count). The van der Waals surface area contributed by atoms with Gasteiger partial charge in [0.1, 0.15) is 0 Å². The van der Waals surface area contributed by atoms with Gasteiger partial charge in [0.15, 0.2) is 0 Å². The molecule has 0 fully saturated rings. The van der Waals surface area contributed by atoms with Gasteiger partial charge in [-0.05, 0) is 6.92 Å². The summed E-state index contributed by atoms with van der Waals surface area (Å²) in [5.74, 6) is 0. The highest BCUT2D eigenvalue weighted by Crippen LogP contribution is 2.45. The molecule has 0 aromatic rings. The van der Waals surface area contributed by atoms with Crippen LogP contribution < -0.4 is 0 Å². The van der Waals surface area contributed by atoms with E-state index in [9.17, 15) is 16.8 Å². The number of hydrogen-bond acceptors (Lipinski definition) is 4. The van der Waals surface area contributed by atoms with Gasteiger partial charge in [-0.3, -0.25) is 9.11 Å². The quantitative estimate of drug-likeness (QED) is 0.591. The smallest absolute Gasteiger partial charge is 0.284 e. The first kappa shape index (κ1) is 14.7. The zero-order chi connectivity index (χ0) is 12.0. The SMILES string of the molecule is CC(Cl)(C(Cl)(Cl)S(=O)(=O)O)S(=O)(=O)O. The van der Waals surface area contributed by atoms with Gasteiger partial charge in [0, 0.05) is 0 Å². The lowest BCUT2D eigenvalue weighted by Crippen LogP contribution is -2.50. The summed E-state index contributed by atoms with van der Waals surface area (Å²) < 4.78 is 53.2. The Morgan fingerprint density at radius 2 is 1.21 bits per heavy atom. The molecule has 1 unspecified atom stereocenters. The number of hydrogen-bond donors (Lipinski definition) is 2. The average Bonchev–Trinajstić information content (AvgIpc) is 1.81. The van der Waals surface area contributed by atoms with Gasteiger partial charge in [0.25, 0.3) is 13.8 Å². The van der Waals surface area contributed by atoms with Crippen LogP contribution in [0.25, 0.3) is 0 Å². The molecule has 0 heterocycles. The van der Waals surface area contributed by atoms with E-state index in [-0.39, 0.29) is 0 Å². The average molecular weight is 308 g/mol. The lowest BCUT2D eigenvalue weighted by molar-refractivity contribution is 0.442. The molecular weight excluding hydrogens is 303 g/mol. The molecule has 0 saturated heterocycles. The van der Waals surface area contributed by atoms with Gasteiger partial charge in [0.05, 0.1) is 0 Å². The zero-order valence-electron chi connectivity index (χ0n) is 6.48. The Morgan fingerprint density at radius 3 is 1.29 bits per heavy atom. The van der Waals surface area contributed by atoms with Crippen LogP contribution in [0.5, 0.6) is 0 Å². The van der Waals surface area contributed by atoms with Crippen molar-refractivity contribution in [3.63, 3.8) is 0 Å². The Balaban J connectivity index is 5.79. The van der Waals surface area contributed by atoms with Crippen molar-refractivity contribution in [3.05, 3.63) is 0 Å². The van der Waals surface area contributed by atoms with E-state index in [4.69, 9.17) is 43.9 Å². The maximum Gasteiger partial charge on any atom is 0.302 e. The third-order valence-electron chi connectivity index (χ3n) is 1.33. The summed E-state index contributed by atoms with van der Waals surface area (Å²) in [5, 5.41) is 0. The van der Waals surface area contributed by atoms with Gasteiger partial charge in [-0.25, -0.2) is 0 Å². The highest BCUT2D eigenvalue weighted by Gasteiger charge is 2.62. The van der Waals surface area contributed by atoms with Gasteiger partial charge >= 0.3 is 10.1 Å². The lowest BCUT2D eigenvalue weighted by Gasteiger charge is -2.28. The minimum Gasteiger partial charge on any atom is -0.284 e. The van der Waals surface area contributed by atoms with Crippen LogP contribution in [0.3, 0.4) is 0 Å². The molecule has 0 saturated carbocycles. The van der Waals surface area contributed by atoms with Gasteiger partial charge in [0.2, 0.25) is 4.21 Å². The second-order valence-corrected chi connectivity index (χ2v) is 8.47. The van der Waals surface area contributed by atoms with Crippen molar-refractivity contribution in [1.82, 2.24) is 0 Å². The van der Waals surface area contributed by atoms with Crippen molar-refractivity contribution in [3.8, 4) is 0 Å². The third-order valence-corrected chi connectivity index (χ3v) is 7.11. The molecule has 14 heavy (non-hydrogen) atoms. The zero-order valence-corrected chi connectivity index (χ0v) is 10.4. The maximum atomic E-state index is 10.6. The summed E-state index contributed by atoms with van der Waals surface area (Å²) in [6, 6.07) is 0. The van der Waals surface area contributed by atoms with Crippen LogP contribution in [0.4, 0.5) is 0 Å². The van der Waals surface area contributed by atoms with Crippen molar-refractivity contribution in [2.45, 2.75) is 14.8 Å². The number of rotatable bonds is 3. The van der Waals surface area contributed by atoms with E-state index in [1.807, 2.05) is 0 Å². The predicted octanol–water partition coefficient (Wildman–Crippen LogP) is 0.848. The molecule has 11 heteroatoms. The molecule has 2 N–H and O–H groups in total. The van der Waals surface area contributed by atoms with Crippen LogP contribution in [-0.4, -0.2) is 33.8 Å². The Morgan fingerprint density at radius 1 is 0.929 bits per heavy atom. The molecule has 0 radical (unpaired) electrons. The standard InChI is InChI=1S/C3H5Cl3O6S2/c1-2(4,13(7,8)9)3(5,6)14(10,11)12/h1H3,(H,7,8,9)(H,10,11,12). The third kappa shape index (κ3) is 2.26. The first-order chi connectivity index (χ1) is 5.75. The van der Waals surface area contributed by atoms with Crippen LogP contribution >= 0.6 is 34.8 Å². The predicted molar refractivity (Wildman–Crippen MR) is 51.8 cm³/mol. The summed E-state index contributed by atoms with van der Waals surface area (Å²) in [6.07, 6.45) is 0. The first-order valence-electron chi connectivity index (χ1n) is 2.76. The van der Waals surface area contributed by atoms with Crippen molar-refractivity contribution in [1.29, 1.82) is 0 Å². The second-order valence-electron chi connectivity index (χ2n) is 2.38. The fourth-order valence-electron chi connectivity index (χ4n) is 0.381. The molecule has 0 aromatic heterocycles. The monoisotopic (exact) mass is 306 g/mol. The van der Waals surface area contributed by atoms with Crippen LogP contribution in [0.15, 0.2) is 0 Å². The molecule has 86 valence electrons. The Kier molecular flexibility index (Phi) is 3.79. The number of halogens is 3. The van der Waals surface area contributed by atoms with E-state index in [2.05, 4.69) is 0 Å². The van der Waals surface area contributed by atoms with Crippen molar-refractivity contribution >= 4 is 55.0 Å². The molecule has 0 spiro atoms. The van der Waals surface area contributed by atoms with Gasteiger partial charge in [-0.15, -0.1) is 0 Å². The summed E-state index contributed by atoms with van der Waals surface area (Å²) in [4.78, 5) is 0. The molecule has 0 aliphatic heterocycles.